The van der Waals surface area contributed by atoms with Crippen molar-refractivity contribution in [2.24, 2.45) is 5.41 Å². The van der Waals surface area contributed by atoms with E-state index < -0.39 is 11.4 Å². The monoisotopic (exact) mass is 313 g/mol. The van der Waals surface area contributed by atoms with Gasteiger partial charge in [-0.1, -0.05) is 11.6 Å². The number of carboxylic acid groups (broad SMARTS) is 1. The van der Waals surface area contributed by atoms with E-state index in [4.69, 9.17) is 26.2 Å². The van der Waals surface area contributed by atoms with E-state index in [9.17, 15) is 4.79 Å². The largest absolute Gasteiger partial charge is 0.486 e. The second-order valence-electron chi connectivity index (χ2n) is 5.72. The first-order valence-electron chi connectivity index (χ1n) is 6.92. The molecule has 0 unspecified atom stereocenters. The molecule has 0 saturated heterocycles. The molecule has 21 heavy (non-hydrogen) atoms. The van der Waals surface area contributed by atoms with Crippen LogP contribution in [0.2, 0.25) is 5.02 Å². The van der Waals surface area contributed by atoms with Crippen molar-refractivity contribution in [3.8, 4) is 11.5 Å². The predicted molar refractivity (Wildman–Crippen MR) is 80.2 cm³/mol. The highest BCUT2D eigenvalue weighted by Crippen LogP contribution is 2.38. The van der Waals surface area contributed by atoms with Crippen molar-refractivity contribution in [1.29, 1.82) is 0 Å². The molecule has 0 saturated carbocycles. The Labute approximate surface area is 129 Å². The van der Waals surface area contributed by atoms with E-state index in [1.165, 1.54) is 0 Å². The number of hydrogen-bond acceptors (Lipinski definition) is 4. The Morgan fingerprint density at radius 3 is 2.81 bits per heavy atom. The summed E-state index contributed by atoms with van der Waals surface area (Å²) in [5, 5.41) is 12.8. The van der Waals surface area contributed by atoms with Crippen molar-refractivity contribution in [3.63, 3.8) is 0 Å². The van der Waals surface area contributed by atoms with Gasteiger partial charge in [-0.05, 0) is 44.5 Å². The van der Waals surface area contributed by atoms with Crippen molar-refractivity contribution >= 4 is 17.6 Å². The molecule has 1 aliphatic heterocycles. The molecule has 1 aromatic rings. The SMILES string of the molecule is CC(C)(CCNCc1cc(Cl)c2c(c1)OCCO2)C(=O)O. The normalized spacial score (nSPS) is 14.0. The van der Waals surface area contributed by atoms with E-state index in [-0.39, 0.29) is 0 Å². The van der Waals surface area contributed by atoms with Gasteiger partial charge in [0.1, 0.15) is 13.2 Å². The number of hydrogen-bond donors (Lipinski definition) is 2. The predicted octanol–water partition coefficient (Wildman–Crippen LogP) is 2.70. The molecular weight excluding hydrogens is 294 g/mol. The van der Waals surface area contributed by atoms with Crippen LogP contribution in [-0.2, 0) is 11.3 Å². The molecule has 0 radical (unpaired) electrons. The van der Waals surface area contributed by atoms with E-state index in [1.807, 2.05) is 12.1 Å². The van der Waals surface area contributed by atoms with Crippen molar-refractivity contribution in [2.45, 2.75) is 26.8 Å². The Kier molecular flexibility index (Phi) is 4.96. The highest BCUT2D eigenvalue weighted by atomic mass is 35.5. The Morgan fingerprint density at radius 2 is 2.10 bits per heavy atom. The topological polar surface area (TPSA) is 67.8 Å². The van der Waals surface area contributed by atoms with Crippen LogP contribution in [0.25, 0.3) is 0 Å². The zero-order chi connectivity index (χ0) is 15.5. The number of ether oxygens (including phenoxy) is 2. The third kappa shape index (κ3) is 4.02. The van der Waals surface area contributed by atoms with E-state index in [0.717, 1.165) is 5.56 Å². The Morgan fingerprint density at radius 1 is 1.38 bits per heavy atom. The van der Waals surface area contributed by atoms with Gasteiger partial charge in [-0.15, -0.1) is 0 Å². The molecule has 0 spiro atoms. The Bertz CT molecular complexity index is 531. The minimum Gasteiger partial charge on any atom is -0.486 e. The van der Waals surface area contributed by atoms with Gasteiger partial charge in [0.2, 0.25) is 0 Å². The molecule has 0 amide bonds. The summed E-state index contributed by atoms with van der Waals surface area (Å²) in [7, 11) is 0. The van der Waals surface area contributed by atoms with Crippen LogP contribution >= 0.6 is 11.6 Å². The van der Waals surface area contributed by atoms with Gasteiger partial charge < -0.3 is 19.9 Å². The van der Waals surface area contributed by atoms with Crippen molar-refractivity contribution in [1.82, 2.24) is 5.32 Å². The van der Waals surface area contributed by atoms with E-state index in [1.54, 1.807) is 13.8 Å². The molecule has 0 aromatic heterocycles. The second-order valence-corrected chi connectivity index (χ2v) is 6.12. The molecule has 5 nitrogen and oxygen atoms in total. The fourth-order valence-corrected chi connectivity index (χ4v) is 2.29. The van der Waals surface area contributed by atoms with Crippen LogP contribution in [0.4, 0.5) is 0 Å². The first kappa shape index (κ1) is 15.9. The van der Waals surface area contributed by atoms with Crippen LogP contribution in [-0.4, -0.2) is 30.8 Å². The van der Waals surface area contributed by atoms with Gasteiger partial charge in [0.25, 0.3) is 0 Å². The summed E-state index contributed by atoms with van der Waals surface area (Å²) in [6.07, 6.45) is 0.556. The molecule has 0 bridgehead atoms. The zero-order valence-electron chi connectivity index (χ0n) is 12.2. The van der Waals surface area contributed by atoms with Gasteiger partial charge in [-0.25, -0.2) is 0 Å². The second kappa shape index (κ2) is 6.54. The minimum atomic E-state index is -0.785. The Hall–Kier alpha value is -1.46. The van der Waals surface area contributed by atoms with Crippen molar-refractivity contribution in [3.05, 3.63) is 22.7 Å². The van der Waals surface area contributed by atoms with Crippen molar-refractivity contribution < 1.29 is 19.4 Å². The van der Waals surface area contributed by atoms with Crippen LogP contribution in [0.15, 0.2) is 12.1 Å². The molecule has 6 heteroatoms. The minimum absolute atomic E-state index is 0.509. The molecule has 0 aliphatic carbocycles. The highest BCUT2D eigenvalue weighted by molar-refractivity contribution is 6.32. The molecular formula is C15H20ClNO4. The van der Waals surface area contributed by atoms with Gasteiger partial charge in [0.05, 0.1) is 10.4 Å². The van der Waals surface area contributed by atoms with Crippen LogP contribution in [0, 0.1) is 5.41 Å². The number of benzene rings is 1. The van der Waals surface area contributed by atoms with Gasteiger partial charge >= 0.3 is 5.97 Å². The average Bonchev–Trinajstić information content (AvgIpc) is 2.43. The summed E-state index contributed by atoms with van der Waals surface area (Å²) in [5.41, 5.74) is 0.259. The fourth-order valence-electron chi connectivity index (χ4n) is 2.01. The summed E-state index contributed by atoms with van der Waals surface area (Å²) >= 11 is 6.16. The van der Waals surface area contributed by atoms with E-state index >= 15 is 0 Å². The van der Waals surface area contributed by atoms with Crippen LogP contribution in [0.1, 0.15) is 25.8 Å². The molecule has 0 atom stereocenters. The molecule has 0 fully saturated rings. The number of fused-ring (bicyclic) bond motifs is 1. The first-order valence-corrected chi connectivity index (χ1v) is 7.30. The number of halogens is 1. The smallest absolute Gasteiger partial charge is 0.309 e. The van der Waals surface area contributed by atoms with Gasteiger partial charge in [0, 0.05) is 6.54 Å². The zero-order valence-corrected chi connectivity index (χ0v) is 13.0. The van der Waals surface area contributed by atoms with Crippen LogP contribution < -0.4 is 14.8 Å². The lowest BCUT2D eigenvalue weighted by atomic mass is 9.90. The number of carboxylic acids is 1. The number of nitrogens with one attached hydrogen (secondary N) is 1. The molecule has 1 heterocycles. The molecule has 2 rings (SSSR count). The summed E-state index contributed by atoms with van der Waals surface area (Å²) in [4.78, 5) is 11.0. The molecule has 1 aliphatic rings. The fraction of sp³-hybridized carbons (Fsp3) is 0.533. The highest BCUT2D eigenvalue weighted by Gasteiger charge is 2.26. The van der Waals surface area contributed by atoms with Crippen LogP contribution in [0.3, 0.4) is 0 Å². The third-order valence-electron chi connectivity index (χ3n) is 3.49. The van der Waals surface area contributed by atoms with E-state index in [2.05, 4.69) is 5.32 Å². The third-order valence-corrected chi connectivity index (χ3v) is 3.77. The summed E-state index contributed by atoms with van der Waals surface area (Å²) in [6, 6.07) is 3.74. The maximum Gasteiger partial charge on any atom is 0.309 e. The van der Waals surface area contributed by atoms with E-state index in [0.29, 0.717) is 49.2 Å². The first-order chi connectivity index (χ1) is 9.90. The van der Waals surface area contributed by atoms with Gasteiger partial charge in [-0.2, -0.15) is 0 Å². The molecule has 2 N–H and O–H groups in total. The maximum absolute atomic E-state index is 11.0. The van der Waals surface area contributed by atoms with Crippen LogP contribution in [0.5, 0.6) is 11.5 Å². The lowest BCUT2D eigenvalue weighted by Crippen LogP contribution is -2.28. The van der Waals surface area contributed by atoms with Gasteiger partial charge in [-0.3, -0.25) is 4.79 Å². The summed E-state index contributed by atoms with van der Waals surface area (Å²) in [5.74, 6) is 0.474. The molecule has 116 valence electrons. The van der Waals surface area contributed by atoms with Crippen molar-refractivity contribution in [2.75, 3.05) is 19.8 Å². The lowest BCUT2D eigenvalue weighted by molar-refractivity contribution is -0.147. The number of carbonyl (C=O) groups is 1. The maximum atomic E-state index is 11.0. The number of rotatable bonds is 6. The molecule has 1 aromatic carbocycles. The standard InChI is InChI=1S/C15H20ClNO4/c1-15(2,14(18)19)3-4-17-9-10-7-11(16)13-12(8-10)20-5-6-21-13/h7-8,17H,3-6,9H2,1-2H3,(H,18,19). The summed E-state index contributed by atoms with van der Waals surface area (Å²) < 4.78 is 11.0. The van der Waals surface area contributed by atoms with Gasteiger partial charge in [0.15, 0.2) is 11.5 Å². The quantitative estimate of drug-likeness (QED) is 0.790. The lowest BCUT2D eigenvalue weighted by Gasteiger charge is -2.21. The average molecular weight is 314 g/mol. The number of aliphatic carboxylic acids is 1. The summed E-state index contributed by atoms with van der Waals surface area (Å²) in [6.45, 7) is 5.69. The Balaban J connectivity index is 1.89.